The van der Waals surface area contributed by atoms with Gasteiger partial charge in [0, 0.05) is 16.6 Å². The molecule has 1 atom stereocenters. The molecular formula is C21H13ClN2O3S. The first-order valence-electron chi connectivity index (χ1n) is 8.61. The first-order chi connectivity index (χ1) is 13.6. The normalized spacial score (nSPS) is 16.0. The summed E-state index contributed by atoms with van der Waals surface area (Å²) in [5.74, 6) is -0.311. The minimum atomic E-state index is -0.601. The zero-order valence-corrected chi connectivity index (χ0v) is 16.3. The van der Waals surface area contributed by atoms with Crippen LogP contribution in [0.25, 0.3) is 11.0 Å². The van der Waals surface area contributed by atoms with Crippen LogP contribution in [-0.2, 0) is 0 Å². The largest absolute Gasteiger partial charge is 0.450 e. The number of fused-ring (bicyclic) bond motifs is 2. The Bertz CT molecular complexity index is 1280. The van der Waals surface area contributed by atoms with Crippen molar-refractivity contribution in [1.82, 2.24) is 4.98 Å². The smallest absolute Gasteiger partial charge is 0.297 e. The van der Waals surface area contributed by atoms with E-state index in [0.717, 1.165) is 11.1 Å². The van der Waals surface area contributed by atoms with Crippen LogP contribution in [0.1, 0.15) is 33.3 Å². The van der Waals surface area contributed by atoms with E-state index in [1.54, 1.807) is 23.7 Å². The number of rotatable bonds is 2. The number of hydrogen-bond donors (Lipinski definition) is 0. The van der Waals surface area contributed by atoms with Gasteiger partial charge < -0.3 is 4.42 Å². The molecule has 5 rings (SSSR count). The molecule has 0 saturated heterocycles. The maximum absolute atomic E-state index is 13.4. The number of carbonyl (C=O) groups is 1. The summed E-state index contributed by atoms with van der Waals surface area (Å²) in [6.07, 6.45) is 1.63. The lowest BCUT2D eigenvalue weighted by atomic mass is 9.98. The van der Waals surface area contributed by atoms with Gasteiger partial charge in [-0.2, -0.15) is 0 Å². The molecule has 3 heterocycles. The molecule has 5 nitrogen and oxygen atoms in total. The van der Waals surface area contributed by atoms with E-state index in [1.807, 2.05) is 37.3 Å². The Hall–Kier alpha value is -2.96. The Labute approximate surface area is 168 Å². The highest BCUT2D eigenvalue weighted by molar-refractivity contribution is 7.13. The van der Waals surface area contributed by atoms with E-state index in [1.165, 1.54) is 16.2 Å². The van der Waals surface area contributed by atoms with E-state index >= 15 is 0 Å². The van der Waals surface area contributed by atoms with Crippen LogP contribution in [0.4, 0.5) is 5.13 Å². The summed E-state index contributed by atoms with van der Waals surface area (Å²) in [5.41, 5.74) is 2.01. The molecule has 7 heteroatoms. The Balaban J connectivity index is 1.85. The zero-order valence-electron chi connectivity index (χ0n) is 14.7. The lowest BCUT2D eigenvalue weighted by Crippen LogP contribution is -2.29. The summed E-state index contributed by atoms with van der Waals surface area (Å²) in [5, 5.41) is 3.16. The topological polar surface area (TPSA) is 63.4 Å². The summed E-state index contributed by atoms with van der Waals surface area (Å²) >= 11 is 7.57. The molecule has 0 saturated carbocycles. The summed E-state index contributed by atoms with van der Waals surface area (Å²) in [6.45, 7) is 1.82. The van der Waals surface area contributed by atoms with Crippen molar-refractivity contribution >= 4 is 44.9 Å². The van der Waals surface area contributed by atoms with Gasteiger partial charge in [-0.25, -0.2) is 4.98 Å². The van der Waals surface area contributed by atoms with Gasteiger partial charge in [0.2, 0.25) is 5.76 Å². The molecule has 1 amide bonds. The molecule has 1 aliphatic rings. The summed E-state index contributed by atoms with van der Waals surface area (Å²) < 4.78 is 5.94. The van der Waals surface area contributed by atoms with Gasteiger partial charge in [-0.15, -0.1) is 11.3 Å². The molecule has 0 bridgehead atoms. The molecule has 0 radical (unpaired) electrons. The van der Waals surface area contributed by atoms with Crippen LogP contribution in [0, 0.1) is 6.92 Å². The fraction of sp³-hybridized carbons (Fsp3) is 0.0952. The van der Waals surface area contributed by atoms with Crippen molar-refractivity contribution in [2.45, 2.75) is 13.0 Å². The molecule has 0 spiro atoms. The Morgan fingerprint density at radius 3 is 2.68 bits per heavy atom. The van der Waals surface area contributed by atoms with Gasteiger partial charge in [0.1, 0.15) is 5.58 Å². The fourth-order valence-electron chi connectivity index (χ4n) is 3.58. The van der Waals surface area contributed by atoms with Gasteiger partial charge in [0.25, 0.3) is 5.91 Å². The summed E-state index contributed by atoms with van der Waals surface area (Å²) in [7, 11) is 0. The average molecular weight is 409 g/mol. The second kappa shape index (κ2) is 6.29. The first-order valence-corrected chi connectivity index (χ1v) is 9.87. The predicted molar refractivity (Wildman–Crippen MR) is 109 cm³/mol. The number of halogens is 1. The Kier molecular flexibility index (Phi) is 3.86. The molecule has 0 N–H and O–H groups in total. The maximum Gasteiger partial charge on any atom is 0.297 e. The number of nitrogens with zero attached hydrogens (tertiary/aromatic N) is 2. The third-order valence-corrected chi connectivity index (χ3v) is 6.07. The van der Waals surface area contributed by atoms with E-state index in [9.17, 15) is 9.59 Å². The molecule has 1 unspecified atom stereocenters. The van der Waals surface area contributed by atoms with E-state index in [-0.39, 0.29) is 17.1 Å². The van der Waals surface area contributed by atoms with E-state index in [4.69, 9.17) is 16.0 Å². The first kappa shape index (κ1) is 17.2. The van der Waals surface area contributed by atoms with Crippen LogP contribution < -0.4 is 10.3 Å². The maximum atomic E-state index is 13.4. The van der Waals surface area contributed by atoms with Gasteiger partial charge in [-0.3, -0.25) is 14.5 Å². The number of benzene rings is 2. The second-order valence-electron chi connectivity index (χ2n) is 6.57. The highest BCUT2D eigenvalue weighted by Crippen LogP contribution is 2.41. The van der Waals surface area contributed by atoms with Crippen LogP contribution in [0.3, 0.4) is 0 Å². The molecular weight excluding hydrogens is 396 g/mol. The standard InChI is InChI=1S/C21H13ClN2O3S/c1-11-9-15-13(10-14(11)22)18(25)16-17(12-5-3-2-4-6-12)24(20(26)19(16)27-15)21-23-7-8-28-21/h2-10,17H,1H3. The molecule has 138 valence electrons. The van der Waals surface area contributed by atoms with Gasteiger partial charge in [0.15, 0.2) is 10.6 Å². The van der Waals surface area contributed by atoms with Crippen molar-refractivity contribution in [1.29, 1.82) is 0 Å². The van der Waals surface area contributed by atoms with Crippen LogP contribution >= 0.6 is 22.9 Å². The van der Waals surface area contributed by atoms with E-state index in [0.29, 0.717) is 26.7 Å². The number of aromatic nitrogens is 1. The summed E-state index contributed by atoms with van der Waals surface area (Å²) in [4.78, 5) is 32.5. The fourth-order valence-corrected chi connectivity index (χ4v) is 4.41. The number of amides is 1. The monoisotopic (exact) mass is 408 g/mol. The van der Waals surface area contributed by atoms with Gasteiger partial charge >= 0.3 is 0 Å². The Morgan fingerprint density at radius 1 is 1.18 bits per heavy atom. The summed E-state index contributed by atoms with van der Waals surface area (Å²) in [6, 6.07) is 12.1. The SMILES string of the molecule is Cc1cc2oc3c(c(=O)c2cc1Cl)C(c1ccccc1)N(c1nccs1)C3=O. The lowest BCUT2D eigenvalue weighted by molar-refractivity contribution is 0.0971. The van der Waals surface area contributed by atoms with Gasteiger partial charge in [-0.05, 0) is 30.2 Å². The van der Waals surface area contributed by atoms with Crippen molar-refractivity contribution in [3.05, 3.63) is 91.7 Å². The molecule has 2 aromatic heterocycles. The van der Waals surface area contributed by atoms with E-state index in [2.05, 4.69) is 4.98 Å². The minimum absolute atomic E-state index is 0.0586. The Morgan fingerprint density at radius 2 is 1.96 bits per heavy atom. The number of carbonyl (C=O) groups excluding carboxylic acids is 1. The highest BCUT2D eigenvalue weighted by atomic mass is 35.5. The van der Waals surface area contributed by atoms with Crippen LogP contribution in [0.2, 0.25) is 5.02 Å². The highest BCUT2D eigenvalue weighted by Gasteiger charge is 2.44. The minimum Gasteiger partial charge on any atom is -0.450 e. The van der Waals surface area contributed by atoms with Crippen LogP contribution in [-0.4, -0.2) is 10.9 Å². The molecule has 0 aliphatic carbocycles. The zero-order chi connectivity index (χ0) is 19.4. The lowest BCUT2D eigenvalue weighted by Gasteiger charge is -2.22. The van der Waals surface area contributed by atoms with Crippen molar-refractivity contribution in [2.24, 2.45) is 0 Å². The quantitative estimate of drug-likeness (QED) is 0.470. The van der Waals surface area contributed by atoms with Crippen molar-refractivity contribution in [2.75, 3.05) is 4.90 Å². The second-order valence-corrected chi connectivity index (χ2v) is 7.85. The van der Waals surface area contributed by atoms with Crippen molar-refractivity contribution < 1.29 is 9.21 Å². The molecule has 4 aromatic rings. The molecule has 0 fully saturated rings. The molecule has 1 aliphatic heterocycles. The van der Waals surface area contributed by atoms with Crippen molar-refractivity contribution in [3.8, 4) is 0 Å². The van der Waals surface area contributed by atoms with E-state index < -0.39 is 6.04 Å². The molecule has 2 aromatic carbocycles. The van der Waals surface area contributed by atoms with Crippen LogP contribution in [0.15, 0.2) is 63.3 Å². The van der Waals surface area contributed by atoms with Gasteiger partial charge in [-0.1, -0.05) is 41.9 Å². The number of anilines is 1. The number of aryl methyl sites for hydroxylation is 1. The number of hydrogen-bond acceptors (Lipinski definition) is 5. The predicted octanol–water partition coefficient (Wildman–Crippen LogP) is 4.96. The third kappa shape index (κ3) is 2.42. The van der Waals surface area contributed by atoms with Gasteiger partial charge in [0.05, 0.1) is 17.0 Å². The average Bonchev–Trinajstić information content (AvgIpc) is 3.31. The van der Waals surface area contributed by atoms with Crippen LogP contribution in [0.5, 0.6) is 0 Å². The molecule has 28 heavy (non-hydrogen) atoms. The third-order valence-electron chi connectivity index (χ3n) is 4.89. The van der Waals surface area contributed by atoms with Crippen molar-refractivity contribution in [3.63, 3.8) is 0 Å². The number of thiazole rings is 1.